The zero-order valence-corrected chi connectivity index (χ0v) is 28.3. The predicted octanol–water partition coefficient (Wildman–Crippen LogP) is 10.9. The first kappa shape index (κ1) is 29.4. The van der Waals surface area contributed by atoms with E-state index in [1.807, 2.05) is 38.4 Å². The summed E-state index contributed by atoms with van der Waals surface area (Å²) in [5.74, 6) is 0. The fraction of sp³-hybridized carbons (Fsp3) is 0.0638. The first-order valence-corrected chi connectivity index (χ1v) is 17.4. The molecule has 4 nitrogen and oxygen atoms in total. The van der Waals surface area contributed by atoms with E-state index in [1.165, 1.54) is 44.5 Å². The van der Waals surface area contributed by atoms with Gasteiger partial charge < -0.3 is 0 Å². The Morgan fingerprint density at radius 1 is 0.353 bits per heavy atom. The molecule has 8 aromatic rings. The maximum atomic E-state index is 5.16. The van der Waals surface area contributed by atoms with Crippen molar-refractivity contribution in [1.82, 2.24) is 19.9 Å². The van der Waals surface area contributed by atoms with Crippen LogP contribution in [0, 0.1) is 13.8 Å². The van der Waals surface area contributed by atoms with E-state index in [4.69, 9.17) is 9.97 Å². The van der Waals surface area contributed by atoms with Crippen LogP contribution in [0.4, 0.5) is 0 Å². The zero-order chi connectivity index (χ0) is 34.1. The van der Waals surface area contributed by atoms with E-state index in [1.54, 1.807) is 0 Å². The smallest absolute Gasteiger partial charge is 0.0725 e. The molecule has 10 rings (SSSR count). The SMILES string of the molecule is Cc1ccc(-c2cccc(-c3ccc4c(c3)C3(c5ccccc5-c5ccccc53)c3cc(-c5cccc(-c6ccc(C)nc6)n5)ccc3-4)n2)cn1. The summed E-state index contributed by atoms with van der Waals surface area (Å²) in [7, 11) is 0. The van der Waals surface area contributed by atoms with Crippen molar-refractivity contribution in [1.29, 1.82) is 0 Å². The first-order valence-electron chi connectivity index (χ1n) is 17.4. The lowest BCUT2D eigenvalue weighted by Gasteiger charge is -2.31. The minimum Gasteiger partial charge on any atom is -0.261 e. The number of rotatable bonds is 4. The second-order valence-electron chi connectivity index (χ2n) is 13.6. The summed E-state index contributed by atoms with van der Waals surface area (Å²) in [5, 5.41) is 0. The fourth-order valence-electron chi connectivity index (χ4n) is 8.21. The van der Waals surface area contributed by atoms with E-state index in [0.717, 1.165) is 56.4 Å². The zero-order valence-electron chi connectivity index (χ0n) is 28.3. The molecule has 4 aromatic carbocycles. The third kappa shape index (κ3) is 4.46. The lowest BCUT2D eigenvalue weighted by Crippen LogP contribution is -2.26. The maximum absolute atomic E-state index is 5.16. The van der Waals surface area contributed by atoms with E-state index in [0.29, 0.717) is 0 Å². The summed E-state index contributed by atoms with van der Waals surface area (Å²) in [6, 6.07) is 52.5. The Kier molecular flexibility index (Phi) is 6.49. The molecule has 4 aromatic heterocycles. The summed E-state index contributed by atoms with van der Waals surface area (Å²) < 4.78 is 0. The van der Waals surface area contributed by atoms with Crippen LogP contribution in [0.2, 0.25) is 0 Å². The highest BCUT2D eigenvalue weighted by Gasteiger charge is 2.51. The first-order chi connectivity index (χ1) is 25.1. The Hall–Kier alpha value is -6.52. The lowest BCUT2D eigenvalue weighted by atomic mass is 9.70. The number of hydrogen-bond donors (Lipinski definition) is 0. The molecule has 4 heterocycles. The van der Waals surface area contributed by atoms with Crippen LogP contribution in [0.1, 0.15) is 33.6 Å². The third-order valence-electron chi connectivity index (χ3n) is 10.6. The molecule has 0 unspecified atom stereocenters. The van der Waals surface area contributed by atoms with Gasteiger partial charge in [0.1, 0.15) is 0 Å². The summed E-state index contributed by atoms with van der Waals surface area (Å²) in [6.45, 7) is 4.01. The lowest BCUT2D eigenvalue weighted by molar-refractivity contribution is 0.794. The molecular weight excluding hydrogens is 621 g/mol. The van der Waals surface area contributed by atoms with Gasteiger partial charge in [-0.1, -0.05) is 84.9 Å². The Morgan fingerprint density at radius 3 is 1.18 bits per heavy atom. The van der Waals surface area contributed by atoms with Crippen LogP contribution in [0.15, 0.2) is 158 Å². The molecular formula is C47H32N4. The molecule has 4 heteroatoms. The molecule has 1 spiro atoms. The molecule has 0 radical (unpaired) electrons. The second kappa shape index (κ2) is 11.3. The van der Waals surface area contributed by atoms with Crippen LogP contribution < -0.4 is 0 Å². The minimum atomic E-state index is -0.499. The molecule has 0 amide bonds. The Morgan fingerprint density at radius 2 is 0.745 bits per heavy atom. The Labute approximate surface area is 297 Å². The molecule has 0 bridgehead atoms. The largest absolute Gasteiger partial charge is 0.261 e. The molecule has 240 valence electrons. The summed E-state index contributed by atoms with van der Waals surface area (Å²) in [5.41, 5.74) is 19.6. The van der Waals surface area contributed by atoms with Gasteiger partial charge in [0.25, 0.3) is 0 Å². The summed E-state index contributed by atoms with van der Waals surface area (Å²) >= 11 is 0. The van der Waals surface area contributed by atoms with Crippen molar-refractivity contribution in [2.24, 2.45) is 0 Å². The van der Waals surface area contributed by atoms with Crippen molar-refractivity contribution in [2.75, 3.05) is 0 Å². The standard InChI is InChI=1S/C47H32N4/c1-29-17-19-33(27-48-29)45-15-7-13-43(50-45)31-21-23-37-38-24-22-32(44-14-8-16-46(51-44)34-20-18-30(2)49-28-34)26-42(38)47(41(37)25-31)39-11-5-3-9-35(39)36-10-4-6-12-40(36)47/h3-28H,1-2H3. The Balaban J connectivity index is 1.18. The van der Waals surface area contributed by atoms with Crippen LogP contribution in [0.3, 0.4) is 0 Å². The minimum absolute atomic E-state index is 0.499. The highest BCUT2D eigenvalue weighted by molar-refractivity contribution is 5.96. The monoisotopic (exact) mass is 652 g/mol. The number of aromatic nitrogens is 4. The number of aryl methyl sites for hydroxylation is 2. The van der Waals surface area contributed by atoms with Crippen molar-refractivity contribution in [3.8, 4) is 67.3 Å². The van der Waals surface area contributed by atoms with Crippen LogP contribution in [0.5, 0.6) is 0 Å². The molecule has 0 saturated carbocycles. The van der Waals surface area contributed by atoms with Gasteiger partial charge in [-0.05, 0) is 119 Å². The highest BCUT2D eigenvalue weighted by Crippen LogP contribution is 2.63. The highest BCUT2D eigenvalue weighted by atomic mass is 14.7. The van der Waals surface area contributed by atoms with Crippen LogP contribution in [0.25, 0.3) is 67.3 Å². The van der Waals surface area contributed by atoms with Gasteiger partial charge in [0.2, 0.25) is 0 Å². The quantitative estimate of drug-likeness (QED) is 0.190. The van der Waals surface area contributed by atoms with E-state index in [9.17, 15) is 0 Å². The van der Waals surface area contributed by atoms with Crippen molar-refractivity contribution < 1.29 is 0 Å². The van der Waals surface area contributed by atoms with E-state index in [-0.39, 0.29) is 0 Å². The van der Waals surface area contributed by atoms with Gasteiger partial charge in [-0.15, -0.1) is 0 Å². The molecule has 2 aliphatic carbocycles. The van der Waals surface area contributed by atoms with Crippen molar-refractivity contribution >= 4 is 0 Å². The molecule has 0 aliphatic heterocycles. The van der Waals surface area contributed by atoms with Gasteiger partial charge in [-0.25, -0.2) is 9.97 Å². The van der Waals surface area contributed by atoms with E-state index < -0.39 is 5.41 Å². The van der Waals surface area contributed by atoms with Crippen molar-refractivity contribution in [3.63, 3.8) is 0 Å². The van der Waals surface area contributed by atoms with Gasteiger partial charge in [0, 0.05) is 46.0 Å². The maximum Gasteiger partial charge on any atom is 0.0725 e. The number of benzene rings is 4. The van der Waals surface area contributed by atoms with E-state index in [2.05, 4.69) is 143 Å². The van der Waals surface area contributed by atoms with Gasteiger partial charge in [0.15, 0.2) is 0 Å². The normalized spacial score (nSPS) is 13.1. The Bertz CT molecular complexity index is 2470. The summed E-state index contributed by atoms with van der Waals surface area (Å²) in [4.78, 5) is 19.4. The molecule has 0 saturated heterocycles. The molecule has 0 N–H and O–H groups in total. The fourth-order valence-corrected chi connectivity index (χ4v) is 8.21. The topological polar surface area (TPSA) is 51.6 Å². The van der Waals surface area contributed by atoms with Crippen molar-refractivity contribution in [2.45, 2.75) is 19.3 Å². The van der Waals surface area contributed by atoms with Gasteiger partial charge in [-0.2, -0.15) is 0 Å². The number of pyridine rings is 4. The van der Waals surface area contributed by atoms with E-state index >= 15 is 0 Å². The number of nitrogens with zero attached hydrogens (tertiary/aromatic N) is 4. The molecule has 51 heavy (non-hydrogen) atoms. The van der Waals surface area contributed by atoms with Crippen LogP contribution >= 0.6 is 0 Å². The average Bonchev–Trinajstić information content (AvgIpc) is 3.65. The number of fused-ring (bicyclic) bond motifs is 10. The van der Waals surface area contributed by atoms with Crippen molar-refractivity contribution in [3.05, 3.63) is 192 Å². The second-order valence-corrected chi connectivity index (χ2v) is 13.6. The number of hydrogen-bond acceptors (Lipinski definition) is 4. The van der Waals surface area contributed by atoms with Crippen LogP contribution in [-0.4, -0.2) is 19.9 Å². The molecule has 0 fully saturated rings. The van der Waals surface area contributed by atoms with Gasteiger partial charge in [-0.3, -0.25) is 9.97 Å². The molecule has 2 aliphatic rings. The predicted molar refractivity (Wildman–Crippen MR) is 205 cm³/mol. The summed E-state index contributed by atoms with van der Waals surface area (Å²) in [6.07, 6.45) is 3.81. The van der Waals surface area contributed by atoms with Gasteiger partial charge in [0.05, 0.1) is 28.2 Å². The third-order valence-corrected chi connectivity index (χ3v) is 10.6. The average molecular weight is 653 g/mol. The van der Waals surface area contributed by atoms with Gasteiger partial charge >= 0.3 is 0 Å². The molecule has 0 atom stereocenters. The van der Waals surface area contributed by atoms with Crippen LogP contribution in [-0.2, 0) is 5.41 Å².